The van der Waals surface area contributed by atoms with Crippen LogP contribution >= 0.6 is 12.2 Å². The highest BCUT2D eigenvalue weighted by Gasteiger charge is 2.12. The van der Waals surface area contributed by atoms with Crippen molar-refractivity contribution in [2.75, 3.05) is 44.7 Å². The van der Waals surface area contributed by atoms with Gasteiger partial charge in [-0.1, -0.05) is 0 Å². The second-order valence-corrected chi connectivity index (χ2v) is 4.91. The molecule has 0 aliphatic carbocycles. The molecule has 1 heterocycles. The molecule has 1 fully saturated rings. The third-order valence-electron chi connectivity index (χ3n) is 3.07. The first-order valence-electron chi connectivity index (χ1n) is 6.46. The van der Waals surface area contributed by atoms with E-state index in [0.29, 0.717) is 5.11 Å². The zero-order valence-corrected chi connectivity index (χ0v) is 11.6. The molecule has 1 aromatic carbocycles. The molecule has 0 spiro atoms. The van der Waals surface area contributed by atoms with Gasteiger partial charge >= 0.3 is 0 Å². The van der Waals surface area contributed by atoms with Crippen molar-refractivity contribution in [3.8, 4) is 0 Å². The number of quaternary nitrogens is 1. The number of nitrogens with one attached hydrogen (secondary N) is 3. The van der Waals surface area contributed by atoms with Crippen LogP contribution in [0.5, 0.6) is 0 Å². The largest absolute Gasteiger partial charge is 0.370 e. The number of thiocarbonyl (C=S) groups is 1. The number of benzene rings is 1. The van der Waals surface area contributed by atoms with Crippen LogP contribution in [-0.4, -0.2) is 44.5 Å². The average Bonchev–Trinajstić information content (AvgIpc) is 2.43. The van der Waals surface area contributed by atoms with Gasteiger partial charge in [-0.05, 0) is 36.5 Å². The number of rotatable bonds is 4. The standard InChI is InChI=1S/C13H18FN3OS/c14-11-1-3-12(4-2-11)16-13(19)15-5-6-17-7-9-18-10-8-17/h1-4H,5-10H2,(H2,15,16,19)/p+1. The molecular weight excluding hydrogens is 265 g/mol. The minimum Gasteiger partial charge on any atom is -0.370 e. The summed E-state index contributed by atoms with van der Waals surface area (Å²) in [7, 11) is 0. The predicted octanol–water partition coefficient (Wildman–Crippen LogP) is 0.0272. The molecule has 2 rings (SSSR count). The van der Waals surface area contributed by atoms with Crippen molar-refractivity contribution in [3.63, 3.8) is 0 Å². The van der Waals surface area contributed by atoms with Crippen molar-refractivity contribution in [1.29, 1.82) is 0 Å². The minimum atomic E-state index is -0.250. The third kappa shape index (κ3) is 5.10. The highest BCUT2D eigenvalue weighted by Crippen LogP contribution is 2.07. The second kappa shape index (κ2) is 7.37. The van der Waals surface area contributed by atoms with Crippen LogP contribution in [0.15, 0.2) is 24.3 Å². The highest BCUT2D eigenvalue weighted by molar-refractivity contribution is 7.80. The summed E-state index contributed by atoms with van der Waals surface area (Å²) in [5.41, 5.74) is 0.789. The molecule has 1 aliphatic rings. The van der Waals surface area contributed by atoms with Crippen LogP contribution in [-0.2, 0) is 4.74 Å². The van der Waals surface area contributed by atoms with Crippen LogP contribution in [0.3, 0.4) is 0 Å². The Morgan fingerprint density at radius 2 is 1.95 bits per heavy atom. The molecule has 0 atom stereocenters. The Labute approximate surface area is 117 Å². The normalized spacial score (nSPS) is 16.1. The highest BCUT2D eigenvalue weighted by atomic mass is 32.1. The van der Waals surface area contributed by atoms with E-state index in [2.05, 4.69) is 10.6 Å². The zero-order valence-electron chi connectivity index (χ0n) is 10.7. The maximum Gasteiger partial charge on any atom is 0.170 e. The lowest BCUT2D eigenvalue weighted by Gasteiger charge is -2.24. The second-order valence-electron chi connectivity index (χ2n) is 4.50. The Bertz CT molecular complexity index is 407. The van der Waals surface area contributed by atoms with Crippen LogP contribution in [0.2, 0.25) is 0 Å². The van der Waals surface area contributed by atoms with E-state index in [1.54, 1.807) is 12.1 Å². The summed E-state index contributed by atoms with van der Waals surface area (Å²) >= 11 is 5.19. The van der Waals surface area contributed by atoms with E-state index in [1.165, 1.54) is 17.0 Å². The number of morpholine rings is 1. The molecule has 0 saturated carbocycles. The number of hydrogen-bond acceptors (Lipinski definition) is 2. The lowest BCUT2D eigenvalue weighted by molar-refractivity contribution is -0.906. The minimum absolute atomic E-state index is 0.250. The molecule has 0 amide bonds. The van der Waals surface area contributed by atoms with Crippen LogP contribution < -0.4 is 15.5 Å². The quantitative estimate of drug-likeness (QED) is 0.682. The number of halogens is 1. The van der Waals surface area contributed by atoms with Crippen molar-refractivity contribution in [3.05, 3.63) is 30.1 Å². The van der Waals surface area contributed by atoms with Gasteiger partial charge in [-0.25, -0.2) is 4.39 Å². The van der Waals surface area contributed by atoms with Crippen molar-refractivity contribution in [2.24, 2.45) is 0 Å². The summed E-state index contributed by atoms with van der Waals surface area (Å²) in [6.07, 6.45) is 0. The van der Waals surface area contributed by atoms with Crippen molar-refractivity contribution in [1.82, 2.24) is 5.32 Å². The molecule has 0 bridgehead atoms. The van der Waals surface area contributed by atoms with Crippen LogP contribution in [0.4, 0.5) is 10.1 Å². The van der Waals surface area contributed by atoms with E-state index in [-0.39, 0.29) is 5.82 Å². The first-order chi connectivity index (χ1) is 9.24. The van der Waals surface area contributed by atoms with Gasteiger partial charge in [0, 0.05) is 5.69 Å². The van der Waals surface area contributed by atoms with Crippen LogP contribution in [0.1, 0.15) is 0 Å². The molecule has 1 saturated heterocycles. The fraction of sp³-hybridized carbons (Fsp3) is 0.462. The topological polar surface area (TPSA) is 37.7 Å². The Kier molecular flexibility index (Phi) is 5.50. The summed E-state index contributed by atoms with van der Waals surface area (Å²) < 4.78 is 18.0. The Balaban J connectivity index is 1.65. The first-order valence-corrected chi connectivity index (χ1v) is 6.86. The molecule has 1 aliphatic heterocycles. The van der Waals surface area contributed by atoms with E-state index in [1.807, 2.05) is 0 Å². The summed E-state index contributed by atoms with van der Waals surface area (Å²) in [5.74, 6) is -0.250. The molecular formula is C13H19FN3OS+. The van der Waals surface area contributed by atoms with Gasteiger partial charge in [0.15, 0.2) is 5.11 Å². The molecule has 6 heteroatoms. The smallest absolute Gasteiger partial charge is 0.170 e. The van der Waals surface area contributed by atoms with Gasteiger partial charge in [0.25, 0.3) is 0 Å². The molecule has 0 unspecified atom stereocenters. The van der Waals surface area contributed by atoms with Gasteiger partial charge in [0.1, 0.15) is 18.9 Å². The predicted molar refractivity (Wildman–Crippen MR) is 77.0 cm³/mol. The van der Waals surface area contributed by atoms with E-state index in [4.69, 9.17) is 17.0 Å². The summed E-state index contributed by atoms with van der Waals surface area (Å²) in [5, 5.41) is 6.75. The van der Waals surface area contributed by atoms with Gasteiger partial charge in [-0.15, -0.1) is 0 Å². The lowest BCUT2D eigenvalue weighted by atomic mass is 10.3. The molecule has 3 N–H and O–H groups in total. The van der Waals surface area contributed by atoms with Crippen molar-refractivity contribution in [2.45, 2.75) is 0 Å². The average molecular weight is 284 g/mol. The van der Waals surface area contributed by atoms with Gasteiger partial charge in [0.05, 0.1) is 26.3 Å². The molecule has 1 aromatic rings. The van der Waals surface area contributed by atoms with Crippen LogP contribution in [0, 0.1) is 5.82 Å². The molecule has 4 nitrogen and oxygen atoms in total. The van der Waals surface area contributed by atoms with Crippen molar-refractivity contribution < 1.29 is 14.0 Å². The van der Waals surface area contributed by atoms with E-state index in [9.17, 15) is 4.39 Å². The lowest BCUT2D eigenvalue weighted by Crippen LogP contribution is -3.14. The fourth-order valence-electron chi connectivity index (χ4n) is 1.97. The molecule has 19 heavy (non-hydrogen) atoms. The number of anilines is 1. The zero-order chi connectivity index (χ0) is 13.5. The summed E-state index contributed by atoms with van der Waals surface area (Å²) in [6, 6.07) is 6.14. The fourth-order valence-corrected chi connectivity index (χ4v) is 2.19. The van der Waals surface area contributed by atoms with Gasteiger partial charge < -0.3 is 20.3 Å². The van der Waals surface area contributed by atoms with Gasteiger partial charge in [0.2, 0.25) is 0 Å². The maximum absolute atomic E-state index is 12.7. The Morgan fingerprint density at radius 1 is 1.26 bits per heavy atom. The van der Waals surface area contributed by atoms with E-state index < -0.39 is 0 Å². The van der Waals surface area contributed by atoms with Crippen molar-refractivity contribution >= 4 is 23.0 Å². The Morgan fingerprint density at radius 3 is 2.63 bits per heavy atom. The molecule has 0 aromatic heterocycles. The molecule has 104 valence electrons. The first kappa shape index (κ1) is 14.2. The third-order valence-corrected chi connectivity index (χ3v) is 3.31. The summed E-state index contributed by atoms with van der Waals surface area (Å²) in [6.45, 7) is 5.64. The number of ether oxygens (including phenoxy) is 1. The summed E-state index contributed by atoms with van der Waals surface area (Å²) in [4.78, 5) is 1.53. The SMILES string of the molecule is Fc1ccc(NC(=S)NCC[NH+]2CCOCC2)cc1. The number of hydrogen-bond donors (Lipinski definition) is 3. The maximum atomic E-state index is 12.7. The van der Waals surface area contributed by atoms with Gasteiger partial charge in [-0.2, -0.15) is 0 Å². The Hall–Kier alpha value is -1.24. The monoisotopic (exact) mass is 284 g/mol. The molecule has 0 radical (unpaired) electrons. The van der Waals surface area contributed by atoms with Gasteiger partial charge in [-0.3, -0.25) is 0 Å². The van der Waals surface area contributed by atoms with Crippen LogP contribution in [0.25, 0.3) is 0 Å². The van der Waals surface area contributed by atoms with E-state index in [0.717, 1.165) is 45.1 Å². The van der Waals surface area contributed by atoms with E-state index >= 15 is 0 Å².